The highest BCUT2D eigenvalue weighted by Gasteiger charge is 2.23. The van der Waals surface area contributed by atoms with Crippen LogP contribution in [0.25, 0.3) is 10.1 Å². The number of pyridine rings is 1. The topological polar surface area (TPSA) is 59.2 Å². The standard InChI is InChI=1S/C16H23N3OS/c1-6-7-10(3)19(5)16(20)15-14(17)13-11(4)18-9(2)8-12(13)21-15/h8,10H,6-7,17H2,1-5H3. The molecule has 2 aromatic heterocycles. The molecule has 4 nitrogen and oxygen atoms in total. The average Bonchev–Trinajstić information content (AvgIpc) is 2.74. The third-order valence-corrected chi connectivity index (χ3v) is 5.04. The van der Waals surface area contributed by atoms with Gasteiger partial charge in [0.1, 0.15) is 4.88 Å². The Bertz CT molecular complexity index is 678. The van der Waals surface area contributed by atoms with Crippen LogP contribution in [0.5, 0.6) is 0 Å². The van der Waals surface area contributed by atoms with Crippen LogP contribution in [0.3, 0.4) is 0 Å². The van der Waals surface area contributed by atoms with Crippen LogP contribution in [-0.4, -0.2) is 28.9 Å². The maximum atomic E-state index is 12.7. The van der Waals surface area contributed by atoms with Crippen LogP contribution in [0.4, 0.5) is 5.69 Å². The number of hydrogen-bond acceptors (Lipinski definition) is 4. The Morgan fingerprint density at radius 1 is 1.48 bits per heavy atom. The molecule has 0 bridgehead atoms. The number of anilines is 1. The Kier molecular flexibility index (Phi) is 4.52. The summed E-state index contributed by atoms with van der Waals surface area (Å²) in [6, 6.07) is 2.21. The lowest BCUT2D eigenvalue weighted by Crippen LogP contribution is -2.34. The van der Waals surface area contributed by atoms with Gasteiger partial charge in [0.25, 0.3) is 5.91 Å². The zero-order valence-corrected chi connectivity index (χ0v) is 14.2. The van der Waals surface area contributed by atoms with E-state index >= 15 is 0 Å². The quantitative estimate of drug-likeness (QED) is 0.935. The maximum Gasteiger partial charge on any atom is 0.266 e. The van der Waals surface area contributed by atoms with Gasteiger partial charge in [0, 0.05) is 34.6 Å². The van der Waals surface area contributed by atoms with E-state index in [1.165, 1.54) is 11.3 Å². The number of aryl methyl sites for hydroxylation is 2. The van der Waals surface area contributed by atoms with E-state index in [0.29, 0.717) is 10.6 Å². The molecule has 2 N–H and O–H groups in total. The van der Waals surface area contributed by atoms with Gasteiger partial charge in [-0.05, 0) is 33.3 Å². The van der Waals surface area contributed by atoms with Crippen molar-refractivity contribution >= 4 is 33.0 Å². The summed E-state index contributed by atoms with van der Waals surface area (Å²) < 4.78 is 1.04. The van der Waals surface area contributed by atoms with Crippen molar-refractivity contribution in [1.82, 2.24) is 9.88 Å². The van der Waals surface area contributed by atoms with E-state index < -0.39 is 0 Å². The Morgan fingerprint density at radius 3 is 2.76 bits per heavy atom. The highest BCUT2D eigenvalue weighted by Crippen LogP contribution is 2.36. The molecule has 1 unspecified atom stereocenters. The second-order valence-electron chi connectivity index (χ2n) is 5.62. The predicted molar refractivity (Wildman–Crippen MR) is 90.0 cm³/mol. The van der Waals surface area contributed by atoms with Crippen molar-refractivity contribution in [3.05, 3.63) is 22.3 Å². The average molecular weight is 305 g/mol. The number of carbonyl (C=O) groups is 1. The number of thiophene rings is 1. The van der Waals surface area contributed by atoms with Crippen LogP contribution in [0.2, 0.25) is 0 Å². The number of fused-ring (bicyclic) bond motifs is 1. The predicted octanol–water partition coefficient (Wildman–Crippen LogP) is 3.76. The maximum absolute atomic E-state index is 12.7. The van der Waals surface area contributed by atoms with Gasteiger partial charge in [0.2, 0.25) is 0 Å². The van der Waals surface area contributed by atoms with Crippen molar-refractivity contribution in [3.63, 3.8) is 0 Å². The van der Waals surface area contributed by atoms with Gasteiger partial charge in [-0.3, -0.25) is 9.78 Å². The molecule has 5 heteroatoms. The summed E-state index contributed by atoms with van der Waals surface area (Å²) >= 11 is 1.47. The summed E-state index contributed by atoms with van der Waals surface area (Å²) in [7, 11) is 1.85. The van der Waals surface area contributed by atoms with E-state index in [4.69, 9.17) is 5.73 Å². The fourth-order valence-corrected chi connectivity index (χ4v) is 3.86. The summed E-state index contributed by atoms with van der Waals surface area (Å²) in [5.41, 5.74) is 8.64. The SMILES string of the molecule is CCCC(C)N(C)C(=O)c1sc2cc(C)nc(C)c2c1N. The largest absolute Gasteiger partial charge is 0.397 e. The molecule has 0 radical (unpaired) electrons. The number of aromatic nitrogens is 1. The molecule has 2 heterocycles. The molecule has 0 aliphatic rings. The van der Waals surface area contributed by atoms with Gasteiger partial charge in [-0.1, -0.05) is 13.3 Å². The van der Waals surface area contributed by atoms with Gasteiger partial charge in [0.15, 0.2) is 0 Å². The molecule has 0 spiro atoms. The molecule has 114 valence electrons. The number of hydrogen-bond donors (Lipinski definition) is 1. The van der Waals surface area contributed by atoms with Crippen molar-refractivity contribution < 1.29 is 4.79 Å². The monoisotopic (exact) mass is 305 g/mol. The van der Waals surface area contributed by atoms with Crippen molar-refractivity contribution in [2.24, 2.45) is 0 Å². The van der Waals surface area contributed by atoms with Crippen molar-refractivity contribution in [2.45, 2.75) is 46.6 Å². The highest BCUT2D eigenvalue weighted by atomic mass is 32.1. The van der Waals surface area contributed by atoms with Crippen LogP contribution in [-0.2, 0) is 0 Å². The van der Waals surface area contributed by atoms with Crippen LogP contribution in [0, 0.1) is 13.8 Å². The number of nitrogen functional groups attached to an aromatic ring is 1. The molecule has 1 atom stereocenters. The van der Waals surface area contributed by atoms with Crippen molar-refractivity contribution in [2.75, 3.05) is 12.8 Å². The van der Waals surface area contributed by atoms with Gasteiger partial charge in [-0.25, -0.2) is 0 Å². The molecule has 0 fully saturated rings. The second kappa shape index (κ2) is 6.02. The van der Waals surface area contributed by atoms with E-state index in [9.17, 15) is 4.79 Å². The van der Waals surface area contributed by atoms with Crippen LogP contribution < -0.4 is 5.73 Å². The van der Waals surface area contributed by atoms with Crippen molar-refractivity contribution in [1.29, 1.82) is 0 Å². The van der Waals surface area contributed by atoms with Gasteiger partial charge in [-0.15, -0.1) is 11.3 Å². The summed E-state index contributed by atoms with van der Waals surface area (Å²) in [5, 5.41) is 0.922. The van der Waals surface area contributed by atoms with Gasteiger partial charge in [-0.2, -0.15) is 0 Å². The first-order valence-corrected chi connectivity index (χ1v) is 8.11. The minimum Gasteiger partial charge on any atom is -0.397 e. The number of amides is 1. The molecule has 2 aromatic rings. The van der Waals surface area contributed by atoms with Gasteiger partial charge in [0.05, 0.1) is 5.69 Å². The molecular weight excluding hydrogens is 282 g/mol. The van der Waals surface area contributed by atoms with Crippen molar-refractivity contribution in [3.8, 4) is 0 Å². The normalized spacial score (nSPS) is 12.6. The first-order valence-electron chi connectivity index (χ1n) is 7.30. The first-order chi connectivity index (χ1) is 9.86. The minimum atomic E-state index is 0.00621. The lowest BCUT2D eigenvalue weighted by Gasteiger charge is -2.24. The number of nitrogens with zero attached hydrogens (tertiary/aromatic N) is 2. The molecule has 1 amide bonds. The second-order valence-corrected chi connectivity index (χ2v) is 6.67. The number of carbonyl (C=O) groups excluding carboxylic acids is 1. The molecule has 0 saturated heterocycles. The Morgan fingerprint density at radius 2 is 2.14 bits per heavy atom. The highest BCUT2D eigenvalue weighted by molar-refractivity contribution is 7.21. The summed E-state index contributed by atoms with van der Waals surface area (Å²) in [6.45, 7) is 8.09. The minimum absolute atomic E-state index is 0.00621. The fraction of sp³-hybridized carbons (Fsp3) is 0.500. The van der Waals surface area contributed by atoms with Crippen LogP contribution in [0.1, 0.15) is 47.7 Å². The molecule has 0 aliphatic carbocycles. The lowest BCUT2D eigenvalue weighted by molar-refractivity contribution is 0.0742. The third kappa shape index (κ3) is 2.88. The molecule has 0 saturated carbocycles. The Balaban J connectivity index is 2.45. The van der Waals surface area contributed by atoms with Crippen LogP contribution >= 0.6 is 11.3 Å². The van der Waals surface area contributed by atoms with E-state index in [-0.39, 0.29) is 11.9 Å². The van der Waals surface area contributed by atoms with Gasteiger partial charge < -0.3 is 10.6 Å². The summed E-state index contributed by atoms with van der Waals surface area (Å²) in [5.74, 6) is 0.00621. The molecule has 21 heavy (non-hydrogen) atoms. The fourth-order valence-electron chi connectivity index (χ4n) is 2.61. The Hall–Kier alpha value is -1.62. The summed E-state index contributed by atoms with van der Waals surface area (Å²) in [4.78, 5) is 19.6. The third-order valence-electron chi connectivity index (χ3n) is 3.90. The molecule has 0 aromatic carbocycles. The van der Waals surface area contributed by atoms with E-state index in [1.807, 2.05) is 27.0 Å². The lowest BCUT2D eigenvalue weighted by atomic mass is 10.1. The summed E-state index contributed by atoms with van der Waals surface area (Å²) in [6.07, 6.45) is 2.05. The van der Waals surface area contributed by atoms with E-state index in [2.05, 4.69) is 18.8 Å². The van der Waals surface area contributed by atoms with Gasteiger partial charge >= 0.3 is 0 Å². The Labute approximate surface area is 130 Å². The zero-order chi connectivity index (χ0) is 15.7. The molecular formula is C16H23N3OS. The molecule has 0 aliphatic heterocycles. The number of rotatable bonds is 4. The van der Waals surface area contributed by atoms with Crippen LogP contribution in [0.15, 0.2) is 6.07 Å². The van der Waals surface area contributed by atoms with E-state index in [1.54, 1.807) is 4.90 Å². The smallest absolute Gasteiger partial charge is 0.266 e. The number of nitrogens with two attached hydrogens (primary N) is 1. The first kappa shape index (κ1) is 15.8. The zero-order valence-electron chi connectivity index (χ0n) is 13.4. The van der Waals surface area contributed by atoms with E-state index in [0.717, 1.165) is 34.3 Å². The molecule has 2 rings (SSSR count).